The number of carboxylic acids is 1. The van der Waals surface area contributed by atoms with Crippen molar-refractivity contribution in [3.05, 3.63) is 0 Å². The van der Waals surface area contributed by atoms with Crippen LogP contribution in [0.3, 0.4) is 0 Å². The quantitative estimate of drug-likeness (QED) is 0.432. The number of esters is 1. The van der Waals surface area contributed by atoms with Gasteiger partial charge in [-0.25, -0.2) is 0 Å². The fraction of sp³-hybridized carbons (Fsp3) is 0.900. The van der Waals surface area contributed by atoms with E-state index in [1.165, 1.54) is 0 Å². The molecule has 4 heteroatoms. The second-order valence-corrected chi connectivity index (χ2v) is 8.92. The predicted molar refractivity (Wildman–Crippen MR) is 97.8 cm³/mol. The summed E-state index contributed by atoms with van der Waals surface area (Å²) >= 11 is 0. The predicted octanol–water partition coefficient (Wildman–Crippen LogP) is 5.30. The van der Waals surface area contributed by atoms with Crippen LogP contribution in [0.1, 0.15) is 87.5 Å². The Labute approximate surface area is 148 Å². The molecule has 0 rings (SSSR count). The summed E-state index contributed by atoms with van der Waals surface area (Å²) in [7, 11) is 0. The topological polar surface area (TPSA) is 63.6 Å². The molecule has 1 unspecified atom stereocenters. The highest BCUT2D eigenvalue weighted by molar-refractivity contribution is 5.99. The van der Waals surface area contributed by atoms with Gasteiger partial charge >= 0.3 is 11.9 Å². The van der Waals surface area contributed by atoms with Crippen LogP contribution >= 0.6 is 0 Å². The number of carbonyl (C=O) groups is 2. The summed E-state index contributed by atoms with van der Waals surface area (Å²) in [6, 6.07) is 0. The maximum Gasteiger partial charge on any atom is 0.323 e. The molecule has 142 valence electrons. The maximum absolute atomic E-state index is 12.9. The fourth-order valence-corrected chi connectivity index (χ4v) is 2.81. The van der Waals surface area contributed by atoms with E-state index in [2.05, 4.69) is 0 Å². The summed E-state index contributed by atoms with van der Waals surface area (Å²) < 4.78 is 5.74. The molecule has 0 saturated heterocycles. The minimum absolute atomic E-state index is 0.204. The second kappa shape index (κ2) is 9.43. The van der Waals surface area contributed by atoms with Gasteiger partial charge in [0.25, 0.3) is 0 Å². The van der Waals surface area contributed by atoms with Gasteiger partial charge in [-0.1, -0.05) is 55.4 Å². The average molecular weight is 343 g/mol. The van der Waals surface area contributed by atoms with Crippen LogP contribution in [0.5, 0.6) is 0 Å². The van der Waals surface area contributed by atoms with E-state index in [1.54, 1.807) is 0 Å². The monoisotopic (exact) mass is 342 g/mol. The first kappa shape index (κ1) is 22.9. The van der Waals surface area contributed by atoms with Gasteiger partial charge in [-0.05, 0) is 49.4 Å². The molecule has 0 bridgehead atoms. The molecule has 0 radical (unpaired) electrons. The molecule has 0 saturated carbocycles. The van der Waals surface area contributed by atoms with Gasteiger partial charge in [0, 0.05) is 0 Å². The molecule has 1 atom stereocenters. The third kappa shape index (κ3) is 6.82. The lowest BCUT2D eigenvalue weighted by Gasteiger charge is -2.35. The van der Waals surface area contributed by atoms with Crippen LogP contribution in [0.2, 0.25) is 0 Å². The smallest absolute Gasteiger partial charge is 0.323 e. The lowest BCUT2D eigenvalue weighted by Crippen LogP contribution is -2.44. The van der Waals surface area contributed by atoms with E-state index in [0.717, 1.165) is 0 Å². The van der Waals surface area contributed by atoms with E-state index in [9.17, 15) is 14.7 Å². The Morgan fingerprint density at radius 2 is 1.38 bits per heavy atom. The summed E-state index contributed by atoms with van der Waals surface area (Å²) in [6.07, 6.45) is 2.48. The van der Waals surface area contributed by atoms with Crippen molar-refractivity contribution in [1.29, 1.82) is 0 Å². The van der Waals surface area contributed by atoms with Gasteiger partial charge in [-0.15, -0.1) is 0 Å². The van der Waals surface area contributed by atoms with Crippen molar-refractivity contribution < 1.29 is 19.4 Å². The molecule has 0 aliphatic carbocycles. The lowest BCUT2D eigenvalue weighted by molar-refractivity contribution is -0.178. The van der Waals surface area contributed by atoms with E-state index in [0.29, 0.717) is 43.9 Å². The molecule has 4 nitrogen and oxygen atoms in total. The zero-order chi connectivity index (χ0) is 19.1. The molecule has 0 amide bonds. The van der Waals surface area contributed by atoms with Crippen LogP contribution in [-0.4, -0.2) is 23.1 Å². The Balaban J connectivity index is 5.53. The molecule has 1 N–H and O–H groups in total. The number of rotatable bonds is 10. The molecule has 0 spiro atoms. The molecular weight excluding hydrogens is 304 g/mol. The van der Waals surface area contributed by atoms with Gasteiger partial charge in [-0.3, -0.25) is 9.59 Å². The van der Waals surface area contributed by atoms with Crippen LogP contribution in [0.15, 0.2) is 0 Å². The zero-order valence-corrected chi connectivity index (χ0v) is 16.9. The minimum atomic E-state index is -1.42. The largest absolute Gasteiger partial charge is 0.480 e. The Morgan fingerprint density at radius 3 is 1.62 bits per heavy atom. The first-order valence-corrected chi connectivity index (χ1v) is 9.31. The Morgan fingerprint density at radius 1 is 0.958 bits per heavy atom. The van der Waals surface area contributed by atoms with Crippen molar-refractivity contribution >= 4 is 11.9 Å². The van der Waals surface area contributed by atoms with Crippen LogP contribution in [0.4, 0.5) is 0 Å². The van der Waals surface area contributed by atoms with Gasteiger partial charge in [0.2, 0.25) is 0 Å². The standard InChI is InChI=1S/C20H38O4/c1-9-16(19(6,7)8)24-18(23)20(17(21)22,12-10-14(2)3)13-11-15(4)5/h14-16H,9-13H2,1-8H3,(H,21,22). The number of carbonyl (C=O) groups excluding carboxylic acids is 1. The Kier molecular flexibility index (Phi) is 9.01. The Bertz CT molecular complexity index is 392. The highest BCUT2D eigenvalue weighted by Gasteiger charge is 2.48. The summed E-state index contributed by atoms with van der Waals surface area (Å²) in [5.74, 6) is -0.907. The molecule has 0 aromatic carbocycles. The molecule has 0 fully saturated rings. The number of carboxylic acid groups (broad SMARTS) is 1. The van der Waals surface area contributed by atoms with Crippen LogP contribution < -0.4 is 0 Å². The van der Waals surface area contributed by atoms with Crippen molar-refractivity contribution in [1.82, 2.24) is 0 Å². The van der Waals surface area contributed by atoms with Crippen molar-refractivity contribution in [2.45, 2.75) is 93.6 Å². The normalized spacial score (nSPS) is 14.1. The zero-order valence-electron chi connectivity index (χ0n) is 16.9. The van der Waals surface area contributed by atoms with Gasteiger partial charge in [0.15, 0.2) is 5.41 Å². The molecule has 24 heavy (non-hydrogen) atoms. The van der Waals surface area contributed by atoms with Gasteiger partial charge < -0.3 is 9.84 Å². The third-order valence-electron chi connectivity index (χ3n) is 4.68. The Hall–Kier alpha value is -1.06. The number of hydrogen-bond acceptors (Lipinski definition) is 3. The van der Waals surface area contributed by atoms with Crippen LogP contribution in [0, 0.1) is 22.7 Å². The van der Waals surface area contributed by atoms with Crippen LogP contribution in [0.25, 0.3) is 0 Å². The van der Waals surface area contributed by atoms with E-state index in [4.69, 9.17) is 4.74 Å². The molecular formula is C20H38O4. The number of aliphatic carboxylic acids is 1. The first-order valence-electron chi connectivity index (χ1n) is 9.31. The van der Waals surface area contributed by atoms with E-state index in [-0.39, 0.29) is 11.5 Å². The maximum atomic E-state index is 12.9. The second-order valence-electron chi connectivity index (χ2n) is 8.92. The first-order chi connectivity index (χ1) is 10.9. The van der Waals surface area contributed by atoms with Gasteiger partial charge in [0.05, 0.1) is 0 Å². The van der Waals surface area contributed by atoms with Crippen LogP contribution in [-0.2, 0) is 14.3 Å². The summed E-state index contributed by atoms with van der Waals surface area (Å²) in [5.41, 5.74) is -1.63. The van der Waals surface area contributed by atoms with E-state index >= 15 is 0 Å². The minimum Gasteiger partial charge on any atom is -0.480 e. The molecule has 0 aliphatic rings. The summed E-state index contributed by atoms with van der Waals surface area (Å²) in [6.45, 7) is 16.2. The summed E-state index contributed by atoms with van der Waals surface area (Å²) in [4.78, 5) is 25.1. The van der Waals surface area contributed by atoms with Crippen molar-refractivity contribution in [2.24, 2.45) is 22.7 Å². The number of ether oxygens (including phenoxy) is 1. The van der Waals surface area contributed by atoms with E-state index < -0.39 is 17.4 Å². The average Bonchev–Trinajstić information content (AvgIpc) is 2.42. The molecule has 0 aromatic rings. The van der Waals surface area contributed by atoms with Gasteiger partial charge in [-0.2, -0.15) is 0 Å². The van der Waals surface area contributed by atoms with Gasteiger partial charge in [0.1, 0.15) is 6.10 Å². The number of hydrogen-bond donors (Lipinski definition) is 1. The molecule has 0 heterocycles. The van der Waals surface area contributed by atoms with Crippen molar-refractivity contribution in [3.63, 3.8) is 0 Å². The summed E-state index contributed by atoms with van der Waals surface area (Å²) in [5, 5.41) is 9.91. The van der Waals surface area contributed by atoms with Crippen molar-refractivity contribution in [3.8, 4) is 0 Å². The lowest BCUT2D eigenvalue weighted by atomic mass is 9.76. The molecule has 0 aromatic heterocycles. The highest BCUT2D eigenvalue weighted by Crippen LogP contribution is 2.37. The highest BCUT2D eigenvalue weighted by atomic mass is 16.5. The van der Waals surface area contributed by atoms with Crippen molar-refractivity contribution in [2.75, 3.05) is 0 Å². The van der Waals surface area contributed by atoms with E-state index in [1.807, 2.05) is 55.4 Å². The third-order valence-corrected chi connectivity index (χ3v) is 4.68. The molecule has 0 aliphatic heterocycles. The SMILES string of the molecule is CCC(OC(=O)C(CCC(C)C)(CCC(C)C)C(=O)O)C(C)(C)C. The fourth-order valence-electron chi connectivity index (χ4n) is 2.81.